The molecule has 1 aliphatic rings. The van der Waals surface area contributed by atoms with Crippen LogP contribution in [0.5, 0.6) is 0 Å². The first kappa shape index (κ1) is 12.9. The Bertz CT molecular complexity index is 166. The molecule has 15 heavy (non-hydrogen) atoms. The molecule has 0 aromatic heterocycles. The summed E-state index contributed by atoms with van der Waals surface area (Å²) in [6.45, 7) is 3.94. The van der Waals surface area contributed by atoms with Crippen molar-refractivity contribution in [2.24, 2.45) is 5.73 Å². The Labute approximate surface area is 93.1 Å². The molecule has 0 aromatic rings. The van der Waals surface area contributed by atoms with Crippen molar-refractivity contribution in [2.45, 2.75) is 31.3 Å². The fourth-order valence-corrected chi connectivity index (χ4v) is 2.02. The van der Waals surface area contributed by atoms with Crippen LogP contribution in [0.3, 0.4) is 0 Å². The predicted molar refractivity (Wildman–Crippen MR) is 63.0 cm³/mol. The molecule has 1 aliphatic carbocycles. The molecule has 4 heteroatoms. The number of nitrogens with zero attached hydrogens (tertiary/aromatic N) is 1. The van der Waals surface area contributed by atoms with Crippen LogP contribution in [0.15, 0.2) is 0 Å². The molecule has 2 atom stereocenters. The van der Waals surface area contributed by atoms with E-state index < -0.39 is 0 Å². The van der Waals surface area contributed by atoms with Gasteiger partial charge in [0.15, 0.2) is 0 Å². The quantitative estimate of drug-likeness (QED) is 0.629. The monoisotopic (exact) mass is 215 g/mol. The van der Waals surface area contributed by atoms with Crippen LogP contribution in [0.2, 0.25) is 0 Å². The van der Waals surface area contributed by atoms with Gasteiger partial charge in [-0.1, -0.05) is 0 Å². The molecular weight excluding hydrogens is 190 g/mol. The standard InChI is InChI=1S/C11H25N3O/c1-14(7-8-15-2)6-5-13-11-4-3-10(12)9-11/h10-11,13H,3-9,12H2,1-2H3. The number of methoxy groups -OCH3 is 1. The Balaban J connectivity index is 1.96. The van der Waals surface area contributed by atoms with Gasteiger partial charge in [0.2, 0.25) is 0 Å². The maximum Gasteiger partial charge on any atom is 0.0589 e. The van der Waals surface area contributed by atoms with E-state index in [1.807, 2.05) is 0 Å². The van der Waals surface area contributed by atoms with E-state index in [4.69, 9.17) is 10.5 Å². The summed E-state index contributed by atoms with van der Waals surface area (Å²) in [6.07, 6.45) is 3.56. The lowest BCUT2D eigenvalue weighted by Crippen LogP contribution is -2.36. The largest absolute Gasteiger partial charge is 0.383 e. The second-order valence-electron chi connectivity index (χ2n) is 4.52. The predicted octanol–water partition coefficient (Wildman–Crippen LogP) is 0.0340. The molecule has 1 rings (SSSR count). The third-order valence-electron chi connectivity index (χ3n) is 3.08. The zero-order valence-corrected chi connectivity index (χ0v) is 10.0. The maximum atomic E-state index is 5.86. The SMILES string of the molecule is COCCN(C)CCNC1CCC(N)C1. The average Bonchev–Trinajstić information content (AvgIpc) is 2.61. The topological polar surface area (TPSA) is 50.5 Å². The van der Waals surface area contributed by atoms with E-state index in [9.17, 15) is 0 Å². The van der Waals surface area contributed by atoms with E-state index in [0.717, 1.165) is 32.7 Å². The van der Waals surface area contributed by atoms with E-state index in [-0.39, 0.29) is 0 Å². The Morgan fingerprint density at radius 2 is 2.20 bits per heavy atom. The van der Waals surface area contributed by atoms with Crippen molar-refractivity contribution in [1.82, 2.24) is 10.2 Å². The Hall–Kier alpha value is -0.160. The van der Waals surface area contributed by atoms with Crippen LogP contribution in [-0.4, -0.2) is 57.4 Å². The van der Waals surface area contributed by atoms with Gasteiger partial charge < -0.3 is 20.7 Å². The third kappa shape index (κ3) is 5.47. The lowest BCUT2D eigenvalue weighted by Gasteiger charge is -2.18. The number of hydrogen-bond donors (Lipinski definition) is 2. The molecule has 1 saturated carbocycles. The average molecular weight is 215 g/mol. The Morgan fingerprint density at radius 3 is 2.80 bits per heavy atom. The number of rotatable bonds is 7. The minimum atomic E-state index is 0.425. The van der Waals surface area contributed by atoms with Crippen molar-refractivity contribution in [2.75, 3.05) is 40.4 Å². The van der Waals surface area contributed by atoms with Gasteiger partial charge in [-0.25, -0.2) is 0 Å². The first-order valence-corrected chi connectivity index (χ1v) is 5.89. The van der Waals surface area contributed by atoms with Crippen molar-refractivity contribution in [1.29, 1.82) is 0 Å². The molecule has 0 heterocycles. The summed E-state index contributed by atoms with van der Waals surface area (Å²) < 4.78 is 5.03. The zero-order chi connectivity index (χ0) is 11.1. The van der Waals surface area contributed by atoms with Crippen LogP contribution >= 0.6 is 0 Å². The smallest absolute Gasteiger partial charge is 0.0589 e. The zero-order valence-electron chi connectivity index (χ0n) is 10.0. The van der Waals surface area contributed by atoms with Gasteiger partial charge in [-0.05, 0) is 26.3 Å². The summed E-state index contributed by atoms with van der Waals surface area (Å²) in [7, 11) is 3.87. The maximum absolute atomic E-state index is 5.86. The number of nitrogens with one attached hydrogen (secondary N) is 1. The van der Waals surface area contributed by atoms with Crippen molar-refractivity contribution >= 4 is 0 Å². The van der Waals surface area contributed by atoms with Crippen LogP contribution in [0.25, 0.3) is 0 Å². The molecular formula is C11H25N3O. The van der Waals surface area contributed by atoms with Crippen molar-refractivity contribution < 1.29 is 4.74 Å². The minimum Gasteiger partial charge on any atom is -0.383 e. The van der Waals surface area contributed by atoms with Crippen LogP contribution in [-0.2, 0) is 4.74 Å². The van der Waals surface area contributed by atoms with Crippen molar-refractivity contribution in [3.8, 4) is 0 Å². The lowest BCUT2D eigenvalue weighted by atomic mass is 10.2. The van der Waals surface area contributed by atoms with Gasteiger partial charge in [0, 0.05) is 38.8 Å². The molecule has 90 valence electrons. The molecule has 0 amide bonds. The fraction of sp³-hybridized carbons (Fsp3) is 1.00. The fourth-order valence-electron chi connectivity index (χ4n) is 2.02. The minimum absolute atomic E-state index is 0.425. The van der Waals surface area contributed by atoms with Crippen LogP contribution in [0.1, 0.15) is 19.3 Å². The highest BCUT2D eigenvalue weighted by atomic mass is 16.5. The second kappa shape index (κ2) is 7.17. The summed E-state index contributed by atoms with van der Waals surface area (Å²) in [6, 6.07) is 1.07. The number of ether oxygens (including phenoxy) is 1. The van der Waals surface area contributed by atoms with Gasteiger partial charge >= 0.3 is 0 Å². The Morgan fingerprint density at radius 1 is 1.40 bits per heavy atom. The van der Waals surface area contributed by atoms with Crippen LogP contribution in [0, 0.1) is 0 Å². The highest BCUT2D eigenvalue weighted by Gasteiger charge is 2.20. The second-order valence-corrected chi connectivity index (χ2v) is 4.52. The first-order chi connectivity index (χ1) is 7.22. The summed E-state index contributed by atoms with van der Waals surface area (Å²) in [5.74, 6) is 0. The van der Waals surface area contributed by atoms with E-state index in [2.05, 4.69) is 17.3 Å². The molecule has 0 bridgehead atoms. The lowest BCUT2D eigenvalue weighted by molar-refractivity contribution is 0.161. The van der Waals surface area contributed by atoms with Crippen LogP contribution < -0.4 is 11.1 Å². The summed E-state index contributed by atoms with van der Waals surface area (Å²) >= 11 is 0. The van der Waals surface area contributed by atoms with Crippen molar-refractivity contribution in [3.05, 3.63) is 0 Å². The molecule has 3 N–H and O–H groups in total. The number of nitrogens with two attached hydrogens (primary N) is 1. The molecule has 1 fully saturated rings. The highest BCUT2D eigenvalue weighted by Crippen LogP contribution is 2.16. The molecule has 2 unspecified atom stereocenters. The normalized spacial score (nSPS) is 26.4. The van der Waals surface area contributed by atoms with Crippen LogP contribution in [0.4, 0.5) is 0 Å². The van der Waals surface area contributed by atoms with Gasteiger partial charge in [-0.15, -0.1) is 0 Å². The van der Waals surface area contributed by atoms with Gasteiger partial charge in [0.1, 0.15) is 0 Å². The molecule has 0 radical (unpaired) electrons. The number of likely N-dealkylation sites (N-methyl/N-ethyl adjacent to an activating group) is 1. The Kier molecular flexibility index (Phi) is 6.17. The van der Waals surface area contributed by atoms with Gasteiger partial charge in [0.25, 0.3) is 0 Å². The van der Waals surface area contributed by atoms with Gasteiger partial charge in [-0.2, -0.15) is 0 Å². The van der Waals surface area contributed by atoms with E-state index in [0.29, 0.717) is 12.1 Å². The molecule has 0 spiro atoms. The molecule has 4 nitrogen and oxygen atoms in total. The molecule has 0 saturated heterocycles. The highest BCUT2D eigenvalue weighted by molar-refractivity contribution is 4.82. The number of hydrogen-bond acceptors (Lipinski definition) is 4. The van der Waals surface area contributed by atoms with Gasteiger partial charge in [-0.3, -0.25) is 0 Å². The van der Waals surface area contributed by atoms with E-state index in [1.165, 1.54) is 12.8 Å². The molecule has 0 aromatic carbocycles. The van der Waals surface area contributed by atoms with E-state index in [1.54, 1.807) is 7.11 Å². The summed E-state index contributed by atoms with van der Waals surface area (Å²) in [5, 5.41) is 3.56. The molecule has 0 aliphatic heterocycles. The third-order valence-corrected chi connectivity index (χ3v) is 3.08. The first-order valence-electron chi connectivity index (χ1n) is 5.89. The van der Waals surface area contributed by atoms with E-state index >= 15 is 0 Å². The summed E-state index contributed by atoms with van der Waals surface area (Å²) in [4.78, 5) is 2.28. The summed E-state index contributed by atoms with van der Waals surface area (Å²) in [5.41, 5.74) is 5.86. The van der Waals surface area contributed by atoms with Crippen molar-refractivity contribution in [3.63, 3.8) is 0 Å². The van der Waals surface area contributed by atoms with Gasteiger partial charge in [0.05, 0.1) is 6.61 Å².